The van der Waals surface area contributed by atoms with Crippen molar-refractivity contribution in [1.29, 1.82) is 0 Å². The molecule has 7 nitrogen and oxygen atoms in total. The van der Waals surface area contributed by atoms with Gasteiger partial charge in [-0.25, -0.2) is 0 Å². The normalized spacial score (nSPS) is 48.6. The van der Waals surface area contributed by atoms with Crippen LogP contribution in [0.1, 0.15) is 41.0 Å². The lowest BCUT2D eigenvalue weighted by Gasteiger charge is -2.53. The van der Waals surface area contributed by atoms with Gasteiger partial charge >= 0.3 is 5.97 Å². The fraction of sp³-hybridized carbons (Fsp3) is 0.739. The molecule has 0 spiro atoms. The average Bonchev–Trinajstić information content (AvgIpc) is 3.07. The van der Waals surface area contributed by atoms with Crippen LogP contribution in [0.4, 0.5) is 0 Å². The van der Waals surface area contributed by atoms with Gasteiger partial charge in [-0.3, -0.25) is 9.59 Å². The minimum absolute atomic E-state index is 0.0439. The SMILES string of the molecule is CO[C@@H]1[C@@H](C)[C@@]2(O)[C@@H](C=C(CO)C[C@]3(O)C(=O)C(C)=C[C@@H]23)[C@@H]2C(C)(C)[C@]12OC(C)=O. The fourth-order valence-electron chi connectivity index (χ4n) is 7.25. The summed E-state index contributed by atoms with van der Waals surface area (Å²) in [6, 6.07) is 0. The van der Waals surface area contributed by atoms with E-state index < -0.39 is 57.8 Å². The smallest absolute Gasteiger partial charge is 0.303 e. The van der Waals surface area contributed by atoms with Crippen LogP contribution in [0.3, 0.4) is 0 Å². The van der Waals surface area contributed by atoms with Gasteiger partial charge in [-0.05, 0) is 18.1 Å². The van der Waals surface area contributed by atoms with E-state index in [2.05, 4.69) is 0 Å². The molecule has 0 heterocycles. The summed E-state index contributed by atoms with van der Waals surface area (Å²) in [7, 11) is 1.53. The van der Waals surface area contributed by atoms with Crippen molar-refractivity contribution in [1.82, 2.24) is 0 Å². The third-order valence-corrected chi connectivity index (χ3v) is 8.52. The molecule has 7 heteroatoms. The van der Waals surface area contributed by atoms with Crippen molar-refractivity contribution < 1.29 is 34.4 Å². The Morgan fingerprint density at radius 3 is 2.43 bits per heavy atom. The highest BCUT2D eigenvalue weighted by molar-refractivity contribution is 6.04. The molecule has 0 radical (unpaired) electrons. The second-order valence-electron chi connectivity index (χ2n) is 10.2. The van der Waals surface area contributed by atoms with Gasteiger partial charge in [0, 0.05) is 49.5 Å². The number of hydrogen-bond acceptors (Lipinski definition) is 7. The lowest BCUT2D eigenvalue weighted by Crippen LogP contribution is -2.65. The average molecular weight is 421 g/mol. The maximum Gasteiger partial charge on any atom is 0.303 e. The van der Waals surface area contributed by atoms with E-state index >= 15 is 0 Å². The Morgan fingerprint density at radius 1 is 1.27 bits per heavy atom. The van der Waals surface area contributed by atoms with Crippen molar-refractivity contribution in [2.24, 2.45) is 29.1 Å². The topological polar surface area (TPSA) is 113 Å². The predicted octanol–water partition coefficient (Wildman–Crippen LogP) is 1.15. The number of methoxy groups -OCH3 is 1. The van der Waals surface area contributed by atoms with Gasteiger partial charge < -0.3 is 24.8 Å². The van der Waals surface area contributed by atoms with Crippen LogP contribution >= 0.6 is 0 Å². The van der Waals surface area contributed by atoms with E-state index in [0.717, 1.165) is 0 Å². The quantitative estimate of drug-likeness (QED) is 0.464. The molecule has 0 saturated heterocycles. The molecule has 4 rings (SSSR count). The zero-order valence-electron chi connectivity index (χ0n) is 18.4. The molecule has 2 fully saturated rings. The van der Waals surface area contributed by atoms with E-state index in [1.54, 1.807) is 19.1 Å². The van der Waals surface area contributed by atoms with Crippen molar-refractivity contribution in [2.45, 2.75) is 63.9 Å². The number of ether oxygens (including phenoxy) is 2. The molecule has 166 valence electrons. The highest BCUT2D eigenvalue weighted by atomic mass is 16.6. The molecule has 0 aromatic heterocycles. The van der Waals surface area contributed by atoms with Gasteiger partial charge in [0.15, 0.2) is 5.78 Å². The molecular weight excluding hydrogens is 388 g/mol. The maximum absolute atomic E-state index is 12.9. The van der Waals surface area contributed by atoms with Gasteiger partial charge in [0.05, 0.1) is 12.2 Å². The molecule has 2 saturated carbocycles. The van der Waals surface area contributed by atoms with Crippen LogP contribution in [0, 0.1) is 29.1 Å². The summed E-state index contributed by atoms with van der Waals surface area (Å²) in [5.74, 6) is -3.10. The first-order valence-corrected chi connectivity index (χ1v) is 10.5. The molecule has 4 aliphatic rings. The molecule has 0 unspecified atom stereocenters. The van der Waals surface area contributed by atoms with Crippen LogP contribution in [-0.2, 0) is 19.1 Å². The van der Waals surface area contributed by atoms with E-state index in [9.17, 15) is 24.9 Å². The number of aliphatic hydroxyl groups is 3. The van der Waals surface area contributed by atoms with Gasteiger partial charge in [0.2, 0.25) is 0 Å². The van der Waals surface area contributed by atoms with Crippen LogP contribution < -0.4 is 0 Å². The summed E-state index contributed by atoms with van der Waals surface area (Å²) in [6.07, 6.45) is 2.80. The number of Topliss-reactive ketones (excluding diaryl/α,β-unsaturated/α-hetero) is 1. The number of hydrogen-bond donors (Lipinski definition) is 3. The maximum atomic E-state index is 12.9. The Morgan fingerprint density at radius 2 is 1.90 bits per heavy atom. The van der Waals surface area contributed by atoms with Gasteiger partial charge in [-0.2, -0.15) is 0 Å². The minimum Gasteiger partial charge on any atom is -0.456 e. The molecule has 0 amide bonds. The Bertz CT molecular complexity index is 873. The molecular formula is C23H32O7. The lowest BCUT2D eigenvalue weighted by atomic mass is 9.59. The molecule has 0 bridgehead atoms. The van der Waals surface area contributed by atoms with Crippen molar-refractivity contribution in [3.8, 4) is 0 Å². The van der Waals surface area contributed by atoms with Crippen LogP contribution in [-0.4, -0.2) is 63.7 Å². The zero-order valence-corrected chi connectivity index (χ0v) is 18.4. The molecule has 8 atom stereocenters. The molecule has 3 N–H and O–H groups in total. The summed E-state index contributed by atoms with van der Waals surface area (Å²) in [5.41, 5.74) is -3.89. The molecule has 30 heavy (non-hydrogen) atoms. The summed E-state index contributed by atoms with van der Waals surface area (Å²) in [6.45, 7) is 8.46. The van der Waals surface area contributed by atoms with Crippen LogP contribution in [0.25, 0.3) is 0 Å². The van der Waals surface area contributed by atoms with Crippen molar-refractivity contribution in [2.75, 3.05) is 13.7 Å². The van der Waals surface area contributed by atoms with Gasteiger partial charge in [0.1, 0.15) is 17.3 Å². The highest BCUT2D eigenvalue weighted by Crippen LogP contribution is 2.77. The van der Waals surface area contributed by atoms with Crippen molar-refractivity contribution >= 4 is 11.8 Å². The molecule has 0 aromatic rings. The largest absolute Gasteiger partial charge is 0.456 e. The summed E-state index contributed by atoms with van der Waals surface area (Å²) in [4.78, 5) is 25.0. The van der Waals surface area contributed by atoms with E-state index in [-0.39, 0.29) is 18.9 Å². The van der Waals surface area contributed by atoms with Crippen molar-refractivity contribution in [3.63, 3.8) is 0 Å². The zero-order chi connectivity index (χ0) is 22.4. The number of esters is 1. The first-order valence-electron chi connectivity index (χ1n) is 10.5. The van der Waals surface area contributed by atoms with E-state index in [1.807, 2.05) is 20.8 Å². The Kier molecular flexibility index (Phi) is 4.52. The first kappa shape index (κ1) is 21.7. The van der Waals surface area contributed by atoms with Crippen molar-refractivity contribution in [3.05, 3.63) is 23.3 Å². The third-order valence-electron chi connectivity index (χ3n) is 8.52. The predicted molar refractivity (Wildman–Crippen MR) is 107 cm³/mol. The number of aliphatic hydroxyl groups excluding tert-OH is 1. The number of fused-ring (bicyclic) bond motifs is 5. The number of carbonyl (C=O) groups excluding carboxylic acids is 2. The Balaban J connectivity index is 1.96. The number of ketones is 1. The second-order valence-corrected chi connectivity index (χ2v) is 10.2. The Hall–Kier alpha value is -1.54. The summed E-state index contributed by atoms with van der Waals surface area (Å²) in [5, 5.41) is 33.8. The third kappa shape index (κ3) is 2.24. The van der Waals surface area contributed by atoms with Crippen LogP contribution in [0.15, 0.2) is 23.3 Å². The summed E-state index contributed by atoms with van der Waals surface area (Å²) < 4.78 is 11.8. The van der Waals surface area contributed by atoms with E-state index in [1.165, 1.54) is 14.0 Å². The van der Waals surface area contributed by atoms with E-state index in [0.29, 0.717) is 11.1 Å². The summed E-state index contributed by atoms with van der Waals surface area (Å²) >= 11 is 0. The molecule has 0 aromatic carbocycles. The minimum atomic E-state index is -1.82. The number of carbonyl (C=O) groups is 2. The van der Waals surface area contributed by atoms with Crippen LogP contribution in [0.2, 0.25) is 0 Å². The first-order chi connectivity index (χ1) is 13.8. The standard InChI is InChI=1S/C23H32O7/c1-11-7-16-21(27,18(11)26)9-14(10-24)8-15-17-20(4,5)23(17,30-13(3)25)19(29-6)12(2)22(15,16)28/h7-8,12,15-17,19,24,27-28H,9-10H2,1-6H3/t12-,15+,16-,17-,19-,21-,22-,23-/m1/s1. The van der Waals surface area contributed by atoms with Gasteiger partial charge in [-0.15, -0.1) is 0 Å². The molecule has 0 aliphatic heterocycles. The monoisotopic (exact) mass is 420 g/mol. The lowest BCUT2D eigenvalue weighted by molar-refractivity contribution is -0.224. The van der Waals surface area contributed by atoms with E-state index in [4.69, 9.17) is 9.47 Å². The number of rotatable bonds is 3. The molecule has 4 aliphatic carbocycles. The van der Waals surface area contributed by atoms with Crippen LogP contribution in [0.5, 0.6) is 0 Å². The van der Waals surface area contributed by atoms with Gasteiger partial charge in [-0.1, -0.05) is 32.9 Å². The van der Waals surface area contributed by atoms with Gasteiger partial charge in [0.25, 0.3) is 0 Å². The fourth-order valence-corrected chi connectivity index (χ4v) is 7.25. The Labute approximate surface area is 176 Å². The highest BCUT2D eigenvalue weighted by Gasteiger charge is 2.87. The second kappa shape index (κ2) is 6.25.